The van der Waals surface area contributed by atoms with Crippen molar-refractivity contribution in [2.24, 2.45) is 5.92 Å². The van der Waals surface area contributed by atoms with Crippen LogP contribution in [0.15, 0.2) is 96.1 Å². The molecule has 8 nitrogen and oxygen atoms in total. The van der Waals surface area contributed by atoms with Crippen molar-refractivity contribution in [3.8, 4) is 0 Å². The van der Waals surface area contributed by atoms with Crippen molar-refractivity contribution >= 4 is 17.8 Å². The number of hydrogen-bond donors (Lipinski definition) is 2. The summed E-state index contributed by atoms with van der Waals surface area (Å²) >= 11 is 0. The van der Waals surface area contributed by atoms with Gasteiger partial charge in [-0.15, -0.1) is 0 Å². The van der Waals surface area contributed by atoms with Gasteiger partial charge in [0.1, 0.15) is 12.6 Å². The van der Waals surface area contributed by atoms with Crippen molar-refractivity contribution in [2.45, 2.75) is 96.2 Å². The Morgan fingerprint density at radius 3 is 2.37 bits per heavy atom. The number of amides is 1. The van der Waals surface area contributed by atoms with Crippen molar-refractivity contribution in [3.63, 3.8) is 0 Å². The fourth-order valence-electron chi connectivity index (χ4n) is 6.04. The molecule has 4 rings (SSSR count). The standard InChI is InChI=1S/C38H47NO7/c1-25(2)31-20-18-26(3)13-12-22-38(5)33(46-38)21-19-28(23-32(31)41)24-44-37(43)35(45-27(4)40)34(29-14-8-6-9-15-29)39-36(42)30-16-10-7-11-17-30/h6-11,13-17,23,31-35,41H,1,12,18-22,24H2,2-5H3,(H,39,42)/b26-13+,28-23+/t31-,32+,33+,34-,35+,38+/m1/s1. The molecule has 1 heterocycles. The van der Waals surface area contributed by atoms with Gasteiger partial charge >= 0.3 is 11.9 Å². The number of aliphatic hydroxyl groups excluding tert-OH is 1. The van der Waals surface area contributed by atoms with Crippen molar-refractivity contribution in [2.75, 3.05) is 6.61 Å². The highest BCUT2D eigenvalue weighted by Gasteiger charge is 2.50. The second-order valence-corrected chi connectivity index (χ2v) is 12.7. The zero-order valence-corrected chi connectivity index (χ0v) is 27.4. The Morgan fingerprint density at radius 2 is 1.72 bits per heavy atom. The number of fused-ring (bicyclic) bond motifs is 1. The number of aliphatic hydroxyl groups is 1. The largest absolute Gasteiger partial charge is 0.458 e. The molecule has 8 heteroatoms. The van der Waals surface area contributed by atoms with Gasteiger partial charge in [-0.25, -0.2) is 4.79 Å². The zero-order valence-electron chi connectivity index (χ0n) is 27.4. The highest BCUT2D eigenvalue weighted by Crippen LogP contribution is 2.44. The summed E-state index contributed by atoms with van der Waals surface area (Å²) in [6.45, 7) is 11.4. The Labute approximate surface area is 272 Å². The van der Waals surface area contributed by atoms with Crippen LogP contribution in [0.3, 0.4) is 0 Å². The van der Waals surface area contributed by atoms with Crippen LogP contribution < -0.4 is 5.32 Å². The monoisotopic (exact) mass is 629 g/mol. The Balaban J connectivity index is 1.57. The average Bonchev–Trinajstić information content (AvgIpc) is 3.68. The van der Waals surface area contributed by atoms with Gasteiger partial charge in [-0.1, -0.05) is 78.4 Å². The number of carbonyl (C=O) groups is 3. The maximum atomic E-state index is 13.7. The summed E-state index contributed by atoms with van der Waals surface area (Å²) in [5, 5.41) is 14.2. The van der Waals surface area contributed by atoms with E-state index >= 15 is 0 Å². The van der Waals surface area contributed by atoms with Crippen LogP contribution in [-0.4, -0.2) is 53.5 Å². The van der Waals surface area contributed by atoms with Crippen LogP contribution in [0.4, 0.5) is 0 Å². The number of ether oxygens (including phenoxy) is 3. The lowest BCUT2D eigenvalue weighted by molar-refractivity contribution is -0.168. The Bertz CT molecular complexity index is 1430. The number of hydrogen-bond acceptors (Lipinski definition) is 7. The second-order valence-electron chi connectivity index (χ2n) is 12.7. The molecule has 2 N–H and O–H groups in total. The van der Waals surface area contributed by atoms with E-state index in [-0.39, 0.29) is 24.2 Å². The van der Waals surface area contributed by atoms with Gasteiger partial charge in [0.25, 0.3) is 5.91 Å². The van der Waals surface area contributed by atoms with Gasteiger partial charge in [-0.3, -0.25) is 9.59 Å². The van der Waals surface area contributed by atoms with Gasteiger partial charge in [-0.2, -0.15) is 0 Å². The Morgan fingerprint density at radius 1 is 1.04 bits per heavy atom. The Hall–Kier alpha value is -4.01. The normalized spacial score (nSPS) is 27.1. The first kappa shape index (κ1) is 34.9. The topological polar surface area (TPSA) is 114 Å². The number of allylic oxidation sites excluding steroid dienone is 2. The fourth-order valence-corrected chi connectivity index (χ4v) is 6.04. The van der Waals surface area contributed by atoms with Gasteiger partial charge in [0.15, 0.2) is 0 Å². The molecule has 0 radical (unpaired) electrons. The predicted molar refractivity (Wildman–Crippen MR) is 177 cm³/mol. The van der Waals surface area contributed by atoms with E-state index in [0.717, 1.165) is 36.8 Å². The molecule has 2 aliphatic rings. The number of carbonyl (C=O) groups excluding carboxylic acids is 3. The van der Waals surface area contributed by atoms with E-state index in [9.17, 15) is 19.5 Å². The molecule has 1 aliphatic heterocycles. The van der Waals surface area contributed by atoms with Crippen molar-refractivity contribution in [3.05, 3.63) is 107 Å². The number of rotatable bonds is 9. The summed E-state index contributed by atoms with van der Waals surface area (Å²) in [7, 11) is 0. The number of epoxide rings is 1. The van der Waals surface area contributed by atoms with Crippen molar-refractivity contribution in [1.29, 1.82) is 0 Å². The fraction of sp³-hybridized carbons (Fsp3) is 0.447. The molecule has 1 saturated heterocycles. The van der Waals surface area contributed by atoms with Gasteiger partial charge in [0.05, 0.1) is 17.8 Å². The van der Waals surface area contributed by atoms with Gasteiger partial charge < -0.3 is 24.6 Å². The average molecular weight is 630 g/mol. The smallest absolute Gasteiger partial charge is 0.350 e. The minimum absolute atomic E-state index is 0.0711. The first-order valence-corrected chi connectivity index (χ1v) is 16.1. The Kier molecular flexibility index (Phi) is 12.1. The summed E-state index contributed by atoms with van der Waals surface area (Å²) < 4.78 is 17.4. The van der Waals surface area contributed by atoms with Gasteiger partial charge in [-0.05, 0) is 82.6 Å². The first-order chi connectivity index (χ1) is 22.0. The molecular weight excluding hydrogens is 582 g/mol. The molecule has 2 aromatic carbocycles. The molecule has 0 unspecified atom stereocenters. The lowest BCUT2D eigenvalue weighted by Crippen LogP contribution is -2.43. The van der Waals surface area contributed by atoms with Crippen LogP contribution in [0.5, 0.6) is 0 Å². The van der Waals surface area contributed by atoms with Crippen molar-refractivity contribution < 1.29 is 33.7 Å². The molecule has 0 aromatic heterocycles. The van der Waals surface area contributed by atoms with Gasteiger partial charge in [0.2, 0.25) is 6.10 Å². The molecule has 6 atom stereocenters. The first-order valence-electron chi connectivity index (χ1n) is 16.1. The summed E-state index contributed by atoms with van der Waals surface area (Å²) in [5.41, 5.74) is 3.67. The molecule has 0 spiro atoms. The minimum atomic E-state index is -1.45. The second kappa shape index (κ2) is 16.0. The molecule has 1 aliphatic carbocycles. The molecule has 2 aromatic rings. The summed E-state index contributed by atoms with van der Waals surface area (Å²) in [5.74, 6) is -2.09. The molecule has 0 bridgehead atoms. The number of esters is 2. The highest BCUT2D eigenvalue weighted by molar-refractivity contribution is 5.95. The summed E-state index contributed by atoms with van der Waals surface area (Å²) in [6.07, 6.45) is 6.53. The van der Waals surface area contributed by atoms with Crippen LogP contribution >= 0.6 is 0 Å². The minimum Gasteiger partial charge on any atom is -0.458 e. The third kappa shape index (κ3) is 9.74. The summed E-state index contributed by atoms with van der Waals surface area (Å²) in [6, 6.07) is 16.4. The maximum Gasteiger partial charge on any atom is 0.350 e. The molecular formula is C38H47NO7. The molecule has 46 heavy (non-hydrogen) atoms. The van der Waals surface area contributed by atoms with Crippen molar-refractivity contribution in [1.82, 2.24) is 5.32 Å². The van der Waals surface area contributed by atoms with E-state index in [1.807, 2.05) is 13.0 Å². The number of nitrogens with one attached hydrogen (secondary N) is 1. The van der Waals surface area contributed by atoms with E-state index < -0.39 is 36.1 Å². The molecule has 0 saturated carbocycles. The highest BCUT2D eigenvalue weighted by atomic mass is 16.6. The lowest BCUT2D eigenvalue weighted by atomic mass is 9.87. The van der Waals surface area contributed by atoms with E-state index in [4.69, 9.17) is 14.2 Å². The van der Waals surface area contributed by atoms with Crippen LogP contribution in [0.25, 0.3) is 0 Å². The van der Waals surface area contributed by atoms with Crippen LogP contribution in [0.2, 0.25) is 0 Å². The predicted octanol–water partition coefficient (Wildman–Crippen LogP) is 6.57. The van der Waals surface area contributed by atoms with E-state index in [0.29, 0.717) is 24.0 Å². The SMILES string of the molecule is C=C(C)[C@H]1CC/C(C)=C/CC[C@]2(C)O[C@H]2CC/C(COC(=O)[C@@H](OC(C)=O)[C@H](NC(=O)c2ccccc2)c2ccccc2)=C\[C@@H]1O. The molecule has 246 valence electrons. The van der Waals surface area contributed by atoms with Crippen LogP contribution in [0.1, 0.15) is 88.2 Å². The van der Waals surface area contributed by atoms with E-state index in [2.05, 4.69) is 31.8 Å². The summed E-state index contributed by atoms with van der Waals surface area (Å²) in [4.78, 5) is 39.2. The lowest BCUT2D eigenvalue weighted by Gasteiger charge is -2.27. The van der Waals surface area contributed by atoms with E-state index in [1.54, 1.807) is 60.7 Å². The quantitative estimate of drug-likeness (QED) is 0.183. The van der Waals surface area contributed by atoms with E-state index in [1.165, 1.54) is 12.5 Å². The van der Waals surface area contributed by atoms with Crippen LogP contribution in [-0.2, 0) is 23.8 Å². The van der Waals surface area contributed by atoms with Gasteiger partial charge in [0, 0.05) is 18.4 Å². The van der Waals surface area contributed by atoms with Crippen LogP contribution in [0, 0.1) is 5.92 Å². The third-order valence-corrected chi connectivity index (χ3v) is 8.91. The molecule has 1 fully saturated rings. The zero-order chi connectivity index (χ0) is 33.3. The maximum absolute atomic E-state index is 13.7. The number of benzene rings is 2. The molecule has 1 amide bonds. The third-order valence-electron chi connectivity index (χ3n) is 8.91.